The summed E-state index contributed by atoms with van der Waals surface area (Å²) in [6.07, 6.45) is 1.12. The third-order valence-corrected chi connectivity index (χ3v) is 3.49. The molecule has 0 radical (unpaired) electrons. The summed E-state index contributed by atoms with van der Waals surface area (Å²) < 4.78 is 36.3. The minimum atomic E-state index is -2.02. The first-order valence-electron chi connectivity index (χ1n) is 8.62. The lowest BCUT2D eigenvalue weighted by Gasteiger charge is -2.29. The highest BCUT2D eigenvalue weighted by Crippen LogP contribution is 2.19. The lowest BCUT2D eigenvalue weighted by atomic mass is 9.93. The highest BCUT2D eigenvalue weighted by Gasteiger charge is 2.49. The van der Waals surface area contributed by atoms with Crippen LogP contribution in [0.4, 0.5) is 14.5 Å². The minimum absolute atomic E-state index is 0.000931. The molecule has 0 saturated carbocycles. The van der Waals surface area contributed by atoms with Crippen LogP contribution in [0.2, 0.25) is 0 Å². The zero-order valence-electron chi connectivity index (χ0n) is 15.9. The Morgan fingerprint density at radius 2 is 1.75 bits per heavy atom. The van der Waals surface area contributed by atoms with E-state index in [0.717, 1.165) is 13.0 Å². The Bertz CT molecular complexity index is 722. The smallest absolute Gasteiger partial charge is 0.343 e. The number of amides is 1. The van der Waals surface area contributed by atoms with Crippen molar-refractivity contribution in [2.75, 3.05) is 18.6 Å². The van der Waals surface area contributed by atoms with E-state index in [2.05, 4.69) is 15.8 Å². The molecule has 0 aromatic heterocycles. The van der Waals surface area contributed by atoms with Gasteiger partial charge in [0.15, 0.2) is 5.82 Å². The number of halogens is 2. The molecule has 10 heteroatoms. The SMILES string of the molecule is CCOC(=O)C(CCC=NNc1ccc(F)cc1F)(NC(C)=O)C(=O)OCC. The van der Waals surface area contributed by atoms with E-state index in [-0.39, 0.29) is 31.7 Å². The first-order valence-corrected chi connectivity index (χ1v) is 8.62. The average Bonchev–Trinajstić information content (AvgIpc) is 2.62. The number of benzene rings is 1. The fourth-order valence-electron chi connectivity index (χ4n) is 2.30. The van der Waals surface area contributed by atoms with Crippen molar-refractivity contribution in [3.05, 3.63) is 29.8 Å². The first kappa shape index (κ1) is 23.0. The third kappa shape index (κ3) is 6.29. The van der Waals surface area contributed by atoms with E-state index in [1.165, 1.54) is 12.3 Å². The fraction of sp³-hybridized carbons (Fsp3) is 0.444. The summed E-state index contributed by atoms with van der Waals surface area (Å²) in [4.78, 5) is 36.4. The van der Waals surface area contributed by atoms with Crippen molar-refractivity contribution in [3.8, 4) is 0 Å². The van der Waals surface area contributed by atoms with Gasteiger partial charge in [-0.25, -0.2) is 18.4 Å². The number of hydrazone groups is 1. The van der Waals surface area contributed by atoms with Gasteiger partial charge in [-0.05, 0) is 38.8 Å². The summed E-state index contributed by atoms with van der Waals surface area (Å²) >= 11 is 0. The molecular weight excluding hydrogens is 376 g/mol. The van der Waals surface area contributed by atoms with Crippen LogP contribution in [0, 0.1) is 11.6 Å². The Balaban J connectivity index is 2.90. The molecule has 0 heterocycles. The van der Waals surface area contributed by atoms with Gasteiger partial charge in [0.1, 0.15) is 5.82 Å². The average molecular weight is 399 g/mol. The summed E-state index contributed by atoms with van der Waals surface area (Å²) in [5.41, 5.74) is 0.307. The number of carbonyl (C=O) groups excluding carboxylic acids is 3. The number of hydrogen-bond acceptors (Lipinski definition) is 7. The molecule has 28 heavy (non-hydrogen) atoms. The lowest BCUT2D eigenvalue weighted by Crippen LogP contribution is -2.61. The molecule has 0 bridgehead atoms. The summed E-state index contributed by atoms with van der Waals surface area (Å²) in [5, 5.41) is 6.09. The Labute approximate surface area is 161 Å². The third-order valence-electron chi connectivity index (χ3n) is 3.49. The van der Waals surface area contributed by atoms with Crippen LogP contribution >= 0.6 is 0 Å². The summed E-state index contributed by atoms with van der Waals surface area (Å²) in [7, 11) is 0. The molecule has 0 saturated heterocycles. The van der Waals surface area contributed by atoms with Crippen molar-refractivity contribution in [2.24, 2.45) is 5.10 Å². The van der Waals surface area contributed by atoms with Crippen molar-refractivity contribution in [1.29, 1.82) is 0 Å². The molecule has 2 N–H and O–H groups in total. The van der Waals surface area contributed by atoms with Gasteiger partial charge >= 0.3 is 11.9 Å². The van der Waals surface area contributed by atoms with Gasteiger partial charge < -0.3 is 14.8 Å². The van der Waals surface area contributed by atoms with E-state index >= 15 is 0 Å². The number of ether oxygens (including phenoxy) is 2. The molecule has 0 atom stereocenters. The largest absolute Gasteiger partial charge is 0.464 e. The van der Waals surface area contributed by atoms with Gasteiger partial charge in [-0.1, -0.05) is 0 Å². The molecule has 0 aliphatic rings. The maximum atomic E-state index is 13.5. The number of nitrogens with one attached hydrogen (secondary N) is 2. The second-order valence-electron chi connectivity index (χ2n) is 5.61. The van der Waals surface area contributed by atoms with Gasteiger partial charge in [0.05, 0.1) is 18.9 Å². The van der Waals surface area contributed by atoms with Crippen LogP contribution in [-0.4, -0.2) is 42.8 Å². The minimum Gasteiger partial charge on any atom is -0.464 e. The van der Waals surface area contributed by atoms with Crippen molar-refractivity contribution in [1.82, 2.24) is 5.32 Å². The summed E-state index contributed by atoms with van der Waals surface area (Å²) in [5.74, 6) is -4.08. The van der Waals surface area contributed by atoms with Gasteiger partial charge in [-0.2, -0.15) is 5.10 Å². The predicted molar refractivity (Wildman–Crippen MR) is 97.5 cm³/mol. The van der Waals surface area contributed by atoms with Crippen molar-refractivity contribution < 1.29 is 32.6 Å². The number of esters is 2. The number of nitrogens with zero attached hydrogens (tertiary/aromatic N) is 1. The maximum Gasteiger partial charge on any atom is 0.343 e. The Morgan fingerprint density at radius 3 is 2.25 bits per heavy atom. The van der Waals surface area contributed by atoms with Crippen molar-refractivity contribution in [3.63, 3.8) is 0 Å². The van der Waals surface area contributed by atoms with Gasteiger partial charge in [0, 0.05) is 19.2 Å². The van der Waals surface area contributed by atoms with Crippen LogP contribution in [0.15, 0.2) is 23.3 Å². The van der Waals surface area contributed by atoms with E-state index in [4.69, 9.17) is 9.47 Å². The number of carbonyl (C=O) groups is 3. The molecule has 0 aliphatic carbocycles. The molecule has 0 fully saturated rings. The van der Waals surface area contributed by atoms with Crippen molar-refractivity contribution in [2.45, 2.75) is 39.2 Å². The van der Waals surface area contributed by atoms with Crippen LogP contribution in [-0.2, 0) is 23.9 Å². The van der Waals surface area contributed by atoms with E-state index in [9.17, 15) is 23.2 Å². The molecule has 154 valence electrons. The molecule has 1 aromatic rings. The molecule has 1 aromatic carbocycles. The standard InChI is InChI=1S/C18H23F2N3O5/c1-4-27-16(25)18(22-12(3)24,17(26)28-5-2)9-6-10-21-23-15-8-7-13(19)11-14(15)20/h7-8,10-11,23H,4-6,9H2,1-3H3,(H,22,24). The van der Waals surface area contributed by atoms with E-state index < -0.39 is 35.0 Å². The Morgan fingerprint density at radius 1 is 1.14 bits per heavy atom. The highest BCUT2D eigenvalue weighted by molar-refractivity contribution is 6.07. The molecule has 8 nitrogen and oxygen atoms in total. The van der Waals surface area contributed by atoms with Gasteiger partial charge in [0.25, 0.3) is 0 Å². The molecule has 1 rings (SSSR count). The van der Waals surface area contributed by atoms with Crippen LogP contribution in [0.25, 0.3) is 0 Å². The Hall–Kier alpha value is -3.04. The monoisotopic (exact) mass is 399 g/mol. The lowest BCUT2D eigenvalue weighted by molar-refractivity contribution is -0.168. The first-order chi connectivity index (χ1) is 13.3. The second-order valence-corrected chi connectivity index (χ2v) is 5.61. The molecule has 0 aliphatic heterocycles. The quantitative estimate of drug-likeness (QED) is 0.270. The van der Waals surface area contributed by atoms with Crippen LogP contribution < -0.4 is 10.7 Å². The van der Waals surface area contributed by atoms with E-state index in [0.29, 0.717) is 6.07 Å². The maximum absolute atomic E-state index is 13.5. The molecule has 0 spiro atoms. The van der Waals surface area contributed by atoms with Gasteiger partial charge in [-0.15, -0.1) is 0 Å². The Kier molecular flexibility index (Phi) is 9.00. The van der Waals surface area contributed by atoms with Gasteiger partial charge in [0.2, 0.25) is 11.4 Å². The summed E-state index contributed by atoms with van der Waals surface area (Å²) in [6.45, 7) is 4.27. The normalized spacial score (nSPS) is 11.2. The number of anilines is 1. The number of hydrogen-bond donors (Lipinski definition) is 2. The topological polar surface area (TPSA) is 106 Å². The van der Waals surface area contributed by atoms with Crippen LogP contribution in [0.3, 0.4) is 0 Å². The van der Waals surface area contributed by atoms with Crippen LogP contribution in [0.1, 0.15) is 33.6 Å². The van der Waals surface area contributed by atoms with E-state index in [1.54, 1.807) is 13.8 Å². The highest BCUT2D eigenvalue weighted by atomic mass is 19.1. The van der Waals surface area contributed by atoms with Gasteiger partial charge in [-0.3, -0.25) is 10.2 Å². The molecule has 0 unspecified atom stereocenters. The zero-order valence-corrected chi connectivity index (χ0v) is 15.9. The van der Waals surface area contributed by atoms with E-state index in [1.807, 2.05) is 0 Å². The predicted octanol–water partition coefficient (Wildman–Crippen LogP) is 2.14. The molecule has 1 amide bonds. The number of rotatable bonds is 10. The fourth-order valence-corrected chi connectivity index (χ4v) is 2.30. The zero-order chi connectivity index (χ0) is 21.2. The second kappa shape index (κ2) is 11.0. The summed E-state index contributed by atoms with van der Waals surface area (Å²) in [6, 6.07) is 2.92. The van der Waals surface area contributed by atoms with Crippen LogP contribution in [0.5, 0.6) is 0 Å². The molecular formula is C18H23F2N3O5. The van der Waals surface area contributed by atoms with Crippen molar-refractivity contribution >= 4 is 29.7 Å².